The highest BCUT2D eigenvalue weighted by Crippen LogP contribution is 2.14. The van der Waals surface area contributed by atoms with Crippen LogP contribution in [0.2, 0.25) is 0 Å². The Balaban J connectivity index is 1.64. The molecule has 2 amide bonds. The van der Waals surface area contributed by atoms with E-state index >= 15 is 0 Å². The van der Waals surface area contributed by atoms with Crippen LogP contribution in [0.3, 0.4) is 0 Å². The lowest BCUT2D eigenvalue weighted by Gasteiger charge is -2.15. The Hall–Kier alpha value is -4.02. The second-order valence-electron chi connectivity index (χ2n) is 6.21. The number of hydrogen-bond donors (Lipinski definition) is 3. The number of carbonyl (C=O) groups is 2. The predicted octanol–water partition coefficient (Wildman–Crippen LogP) is 0.886. The molecule has 0 aliphatic heterocycles. The van der Waals surface area contributed by atoms with Gasteiger partial charge in [-0.05, 0) is 43.7 Å². The number of nitrogens with zero attached hydrogens (tertiary/aromatic N) is 3. The van der Waals surface area contributed by atoms with Gasteiger partial charge in [0, 0.05) is 6.07 Å². The number of rotatable bonds is 6. The first kappa shape index (κ1) is 20.7. The average Bonchev–Trinajstić information content (AvgIpc) is 3.18. The maximum Gasteiger partial charge on any atom is 0.279 e. The highest BCUT2D eigenvalue weighted by atomic mass is 19.1. The molecule has 0 bridgehead atoms. The van der Waals surface area contributed by atoms with E-state index in [1.54, 1.807) is 0 Å². The lowest BCUT2D eigenvalue weighted by Crippen LogP contribution is -2.47. The fourth-order valence-electron chi connectivity index (χ4n) is 2.61. The van der Waals surface area contributed by atoms with Crippen molar-refractivity contribution in [2.45, 2.75) is 26.4 Å². The summed E-state index contributed by atoms with van der Waals surface area (Å²) in [5.74, 6) is -0.939. The van der Waals surface area contributed by atoms with Crippen molar-refractivity contribution in [2.24, 2.45) is 0 Å². The summed E-state index contributed by atoms with van der Waals surface area (Å²) in [6, 6.07) is 7.98. The molecule has 2 aromatic heterocycles. The monoisotopic (exact) mass is 414 g/mol. The Morgan fingerprint density at radius 3 is 2.57 bits per heavy atom. The summed E-state index contributed by atoms with van der Waals surface area (Å²) in [6.07, 6.45) is 0.849. The van der Waals surface area contributed by atoms with Crippen LogP contribution in [-0.2, 0) is 11.2 Å². The van der Waals surface area contributed by atoms with Crippen LogP contribution in [0.15, 0.2) is 47.4 Å². The smallest absolute Gasteiger partial charge is 0.279 e. The molecule has 0 fully saturated rings. The lowest BCUT2D eigenvalue weighted by molar-refractivity contribution is -0.128. The summed E-state index contributed by atoms with van der Waals surface area (Å²) >= 11 is 0. The number of nitrogens with one attached hydrogen (secondary N) is 3. The van der Waals surface area contributed by atoms with Gasteiger partial charge in [0.15, 0.2) is 11.9 Å². The highest BCUT2D eigenvalue weighted by Gasteiger charge is 2.20. The molecule has 30 heavy (non-hydrogen) atoms. The first-order chi connectivity index (χ1) is 14.4. The van der Waals surface area contributed by atoms with Crippen molar-refractivity contribution in [1.29, 1.82) is 0 Å². The predicted molar refractivity (Wildman–Crippen MR) is 103 cm³/mol. The fraction of sp³-hybridized carbons (Fsp3) is 0.211. The summed E-state index contributed by atoms with van der Waals surface area (Å²) in [5.41, 5.74) is 5.01. The van der Waals surface area contributed by atoms with E-state index in [9.17, 15) is 18.8 Å². The molecule has 0 unspecified atom stereocenters. The molecule has 3 N–H and O–H groups in total. The highest BCUT2D eigenvalue weighted by molar-refractivity contribution is 5.96. The van der Waals surface area contributed by atoms with E-state index in [-0.39, 0.29) is 11.1 Å². The van der Waals surface area contributed by atoms with Gasteiger partial charge in [0.05, 0.1) is 17.5 Å². The Morgan fingerprint density at radius 1 is 1.20 bits per heavy atom. The first-order valence-electron chi connectivity index (χ1n) is 9.04. The number of carbonyl (C=O) groups excluding carboxylic acids is 2. The minimum Gasteiger partial charge on any atom is -0.481 e. The van der Waals surface area contributed by atoms with Gasteiger partial charge in [-0.3, -0.25) is 25.2 Å². The number of hydrogen-bond acceptors (Lipinski definition) is 6. The summed E-state index contributed by atoms with van der Waals surface area (Å²) in [5, 5.41) is 10.3. The molecule has 0 aliphatic carbocycles. The summed E-state index contributed by atoms with van der Waals surface area (Å²) in [7, 11) is 0. The zero-order chi connectivity index (χ0) is 21.7. The molecule has 1 aromatic carbocycles. The molecule has 0 saturated heterocycles. The molecule has 10 nitrogen and oxygen atoms in total. The summed E-state index contributed by atoms with van der Waals surface area (Å²) in [6.45, 7) is 3.31. The van der Waals surface area contributed by atoms with Gasteiger partial charge in [-0.1, -0.05) is 6.92 Å². The van der Waals surface area contributed by atoms with E-state index in [0.29, 0.717) is 23.7 Å². The van der Waals surface area contributed by atoms with Crippen molar-refractivity contribution in [3.63, 3.8) is 0 Å². The second kappa shape index (κ2) is 8.99. The Labute approximate surface area is 170 Å². The molecule has 3 aromatic rings. The van der Waals surface area contributed by atoms with Crippen molar-refractivity contribution in [1.82, 2.24) is 30.8 Å². The van der Waals surface area contributed by atoms with Crippen molar-refractivity contribution in [2.75, 3.05) is 0 Å². The summed E-state index contributed by atoms with van der Waals surface area (Å²) in [4.78, 5) is 35.9. The Morgan fingerprint density at radius 2 is 1.93 bits per heavy atom. The third-order valence-corrected chi connectivity index (χ3v) is 4.12. The van der Waals surface area contributed by atoms with Gasteiger partial charge in [-0.2, -0.15) is 10.2 Å². The quantitative estimate of drug-likeness (QED) is 0.514. The first-order valence-corrected chi connectivity index (χ1v) is 9.04. The molecule has 11 heteroatoms. The van der Waals surface area contributed by atoms with E-state index in [0.717, 1.165) is 0 Å². The number of amides is 2. The normalized spacial score (nSPS) is 11.6. The molecule has 156 valence electrons. The van der Waals surface area contributed by atoms with Gasteiger partial charge in [-0.15, -0.1) is 0 Å². The van der Waals surface area contributed by atoms with Gasteiger partial charge in [-0.25, -0.2) is 14.2 Å². The van der Waals surface area contributed by atoms with Crippen LogP contribution >= 0.6 is 0 Å². The van der Waals surface area contributed by atoms with Crippen molar-refractivity contribution < 1.29 is 18.7 Å². The standard InChI is InChI=1S/C19H19FN6O4/c1-3-15-14(10-21-26(15)16-8-9-17(27)23-22-16)19(29)25-24-18(28)11(2)30-13-6-4-12(20)5-7-13/h4-11H,3H2,1-2H3,(H,23,27)(H,24,28)(H,25,29)/t11-/m0/s1. The maximum absolute atomic E-state index is 12.9. The van der Waals surface area contributed by atoms with E-state index in [2.05, 4.69) is 26.1 Å². The van der Waals surface area contributed by atoms with Crippen molar-refractivity contribution >= 4 is 11.8 Å². The van der Waals surface area contributed by atoms with Crippen LogP contribution in [-0.4, -0.2) is 37.9 Å². The topological polar surface area (TPSA) is 131 Å². The lowest BCUT2D eigenvalue weighted by atomic mass is 10.2. The van der Waals surface area contributed by atoms with Crippen LogP contribution in [0.1, 0.15) is 29.9 Å². The zero-order valence-corrected chi connectivity index (χ0v) is 16.2. The fourth-order valence-corrected chi connectivity index (χ4v) is 2.61. The minimum absolute atomic E-state index is 0.234. The van der Waals surface area contributed by atoms with Gasteiger partial charge in [0.25, 0.3) is 17.4 Å². The average molecular weight is 414 g/mol. The number of ether oxygens (including phenoxy) is 1. The van der Waals surface area contributed by atoms with Crippen molar-refractivity contribution in [3.05, 3.63) is 70.0 Å². The van der Waals surface area contributed by atoms with E-state index in [4.69, 9.17) is 4.74 Å². The number of aromatic nitrogens is 4. The zero-order valence-electron chi connectivity index (χ0n) is 16.2. The van der Waals surface area contributed by atoms with E-state index in [1.807, 2.05) is 6.92 Å². The van der Waals surface area contributed by atoms with Crippen LogP contribution in [0, 0.1) is 5.82 Å². The Kier molecular flexibility index (Phi) is 6.20. The molecule has 0 spiro atoms. The van der Waals surface area contributed by atoms with Gasteiger partial charge >= 0.3 is 0 Å². The largest absolute Gasteiger partial charge is 0.481 e. The van der Waals surface area contributed by atoms with Crippen LogP contribution < -0.4 is 21.1 Å². The van der Waals surface area contributed by atoms with E-state index in [1.165, 1.54) is 54.2 Å². The number of hydrazine groups is 1. The van der Waals surface area contributed by atoms with Crippen LogP contribution in [0.5, 0.6) is 5.75 Å². The molecule has 0 saturated carbocycles. The maximum atomic E-state index is 12.9. The SMILES string of the molecule is CCc1c(C(=O)NNC(=O)[C@H](C)Oc2ccc(F)cc2)cnn1-c1ccc(=O)[nH]n1. The minimum atomic E-state index is -0.936. The van der Waals surface area contributed by atoms with Crippen molar-refractivity contribution in [3.8, 4) is 11.6 Å². The summed E-state index contributed by atoms with van der Waals surface area (Å²) < 4.78 is 19.8. The molecule has 0 aliphatic rings. The van der Waals surface area contributed by atoms with Gasteiger partial charge < -0.3 is 4.74 Å². The number of H-pyrrole nitrogens is 1. The van der Waals surface area contributed by atoms with E-state index < -0.39 is 23.7 Å². The molecule has 1 atom stereocenters. The molecule has 2 heterocycles. The number of aromatic amines is 1. The third-order valence-electron chi connectivity index (χ3n) is 4.12. The van der Waals surface area contributed by atoms with Crippen LogP contribution in [0.25, 0.3) is 5.82 Å². The molecule has 0 radical (unpaired) electrons. The second-order valence-corrected chi connectivity index (χ2v) is 6.21. The van der Waals surface area contributed by atoms with Gasteiger partial charge in [0.2, 0.25) is 0 Å². The molecular weight excluding hydrogens is 395 g/mol. The third kappa shape index (κ3) is 4.69. The van der Waals surface area contributed by atoms with Gasteiger partial charge in [0.1, 0.15) is 11.6 Å². The Bertz CT molecular complexity index is 1090. The molecule has 3 rings (SSSR count). The number of benzene rings is 1. The molecular formula is C19H19FN6O4. The number of halogens is 1. The van der Waals surface area contributed by atoms with Crippen LogP contribution in [0.4, 0.5) is 4.39 Å².